The topological polar surface area (TPSA) is 139 Å². The van der Waals surface area contributed by atoms with Gasteiger partial charge < -0.3 is 15.7 Å². The molecule has 2 amide bonds. The van der Waals surface area contributed by atoms with Crippen LogP contribution in [0.3, 0.4) is 0 Å². The molecule has 110 valence electrons. The minimum Gasteiger partial charge on any atom is -0.481 e. The second-order valence-electron chi connectivity index (χ2n) is 4.02. The molecule has 0 saturated carbocycles. The van der Waals surface area contributed by atoms with E-state index in [2.05, 4.69) is 10.6 Å². The monoisotopic (exact) mass is 301 g/mol. The van der Waals surface area contributed by atoms with Crippen molar-refractivity contribution in [3.63, 3.8) is 0 Å². The zero-order valence-corrected chi connectivity index (χ0v) is 11.3. The number of amides is 2. The van der Waals surface area contributed by atoms with Crippen molar-refractivity contribution >= 4 is 27.7 Å². The predicted molar refractivity (Wildman–Crippen MR) is 72.8 cm³/mol. The van der Waals surface area contributed by atoms with E-state index < -0.39 is 22.0 Å². The third-order valence-corrected chi connectivity index (χ3v) is 3.01. The van der Waals surface area contributed by atoms with Crippen LogP contribution in [0.1, 0.15) is 5.56 Å². The molecule has 5 N–H and O–H groups in total. The molecule has 0 bridgehead atoms. The van der Waals surface area contributed by atoms with Gasteiger partial charge in [-0.25, -0.2) is 18.4 Å². The molecule has 0 aliphatic carbocycles. The molecule has 0 aliphatic rings. The Morgan fingerprint density at radius 1 is 1.20 bits per heavy atom. The number of anilines is 1. The highest BCUT2D eigenvalue weighted by atomic mass is 32.2. The van der Waals surface area contributed by atoms with Crippen molar-refractivity contribution in [1.29, 1.82) is 0 Å². The molecule has 0 heterocycles. The zero-order chi connectivity index (χ0) is 15.2. The Morgan fingerprint density at radius 3 is 2.30 bits per heavy atom. The van der Waals surface area contributed by atoms with E-state index in [4.69, 9.17) is 10.2 Å². The molecule has 0 unspecified atom stereocenters. The van der Waals surface area contributed by atoms with Crippen LogP contribution in [0.25, 0.3) is 0 Å². The molecule has 20 heavy (non-hydrogen) atoms. The molecular weight excluding hydrogens is 286 g/mol. The molecule has 0 aromatic heterocycles. The molecule has 8 nitrogen and oxygen atoms in total. The Morgan fingerprint density at radius 2 is 1.80 bits per heavy atom. The lowest BCUT2D eigenvalue weighted by Gasteiger charge is -2.07. The third kappa shape index (κ3) is 6.71. The van der Waals surface area contributed by atoms with Crippen molar-refractivity contribution in [2.24, 2.45) is 5.14 Å². The van der Waals surface area contributed by atoms with E-state index >= 15 is 0 Å². The number of carboxylic acids is 1. The Bertz CT molecular complexity index is 583. The normalized spacial score (nSPS) is 10.8. The average molecular weight is 301 g/mol. The highest BCUT2D eigenvalue weighted by Crippen LogP contribution is 2.09. The van der Waals surface area contributed by atoms with Gasteiger partial charge in [-0.2, -0.15) is 0 Å². The van der Waals surface area contributed by atoms with E-state index in [-0.39, 0.29) is 18.7 Å². The molecular formula is C11H15N3O5S. The first-order valence-electron chi connectivity index (χ1n) is 5.62. The van der Waals surface area contributed by atoms with Crippen LogP contribution in [0.15, 0.2) is 24.3 Å². The van der Waals surface area contributed by atoms with E-state index in [9.17, 15) is 18.0 Å². The highest BCUT2D eigenvalue weighted by molar-refractivity contribution is 7.89. The van der Waals surface area contributed by atoms with Gasteiger partial charge in [0.25, 0.3) is 0 Å². The lowest BCUT2D eigenvalue weighted by molar-refractivity contribution is -0.136. The first-order chi connectivity index (χ1) is 9.26. The maximum atomic E-state index is 11.4. The van der Waals surface area contributed by atoms with Crippen molar-refractivity contribution in [2.75, 3.05) is 17.6 Å². The molecule has 0 aliphatic heterocycles. The predicted octanol–water partition coefficient (Wildman–Crippen LogP) is -0.276. The number of carbonyl (C=O) groups is 2. The third-order valence-electron chi connectivity index (χ3n) is 2.24. The van der Waals surface area contributed by atoms with Gasteiger partial charge in [-0.3, -0.25) is 4.79 Å². The van der Waals surface area contributed by atoms with E-state index in [1.807, 2.05) is 0 Å². The summed E-state index contributed by atoms with van der Waals surface area (Å²) in [5, 5.41) is 18.2. The zero-order valence-electron chi connectivity index (χ0n) is 10.5. The fourth-order valence-corrected chi connectivity index (χ4v) is 1.75. The van der Waals surface area contributed by atoms with Crippen molar-refractivity contribution in [1.82, 2.24) is 5.32 Å². The first-order valence-corrected chi connectivity index (χ1v) is 7.34. The number of benzene rings is 1. The van der Waals surface area contributed by atoms with Gasteiger partial charge in [0.05, 0.1) is 12.2 Å². The summed E-state index contributed by atoms with van der Waals surface area (Å²) in [6.07, 6.45) is -0.0964. The van der Waals surface area contributed by atoms with Gasteiger partial charge >= 0.3 is 12.0 Å². The Kier molecular flexibility index (Phi) is 5.47. The van der Waals surface area contributed by atoms with Crippen molar-refractivity contribution < 1.29 is 23.1 Å². The Balaban J connectivity index is 2.44. The van der Waals surface area contributed by atoms with Crippen molar-refractivity contribution in [3.05, 3.63) is 29.8 Å². The first kappa shape index (κ1) is 15.9. The van der Waals surface area contributed by atoms with Crippen LogP contribution in [0.2, 0.25) is 0 Å². The number of sulfonamides is 1. The van der Waals surface area contributed by atoms with E-state index in [0.29, 0.717) is 11.3 Å². The van der Waals surface area contributed by atoms with Crippen LogP contribution in [-0.2, 0) is 21.2 Å². The number of carboxylic acid groups (broad SMARTS) is 1. The van der Waals surface area contributed by atoms with Gasteiger partial charge in [-0.15, -0.1) is 0 Å². The number of hydrogen-bond acceptors (Lipinski definition) is 4. The molecule has 1 aromatic rings. The highest BCUT2D eigenvalue weighted by Gasteiger charge is 2.06. The second-order valence-corrected chi connectivity index (χ2v) is 5.75. The van der Waals surface area contributed by atoms with Crippen LogP contribution >= 0.6 is 0 Å². The largest absolute Gasteiger partial charge is 0.481 e. The minimum atomic E-state index is -3.61. The molecule has 0 fully saturated rings. The van der Waals surface area contributed by atoms with Gasteiger partial charge in [-0.05, 0) is 17.7 Å². The maximum Gasteiger partial charge on any atom is 0.319 e. The van der Waals surface area contributed by atoms with Crippen LogP contribution in [0.4, 0.5) is 10.5 Å². The van der Waals surface area contributed by atoms with Gasteiger partial charge in [0, 0.05) is 12.2 Å². The van der Waals surface area contributed by atoms with Crippen LogP contribution in [-0.4, -0.2) is 37.8 Å². The summed E-state index contributed by atoms with van der Waals surface area (Å²) in [5.41, 5.74) is 1.07. The number of carbonyl (C=O) groups excluding carboxylic acids is 1. The van der Waals surface area contributed by atoms with E-state index in [0.717, 1.165) is 0 Å². The number of primary sulfonamides is 1. The summed E-state index contributed by atoms with van der Waals surface area (Å²) in [7, 11) is -3.61. The van der Waals surface area contributed by atoms with Crippen LogP contribution < -0.4 is 15.8 Å². The summed E-state index contributed by atoms with van der Waals surface area (Å²) in [4.78, 5) is 21.9. The number of rotatable bonds is 6. The molecule has 1 aromatic carbocycles. The number of nitrogens with two attached hydrogens (primary N) is 1. The maximum absolute atomic E-state index is 11.4. The van der Waals surface area contributed by atoms with Crippen molar-refractivity contribution in [2.45, 2.75) is 6.42 Å². The second kappa shape index (κ2) is 6.87. The van der Waals surface area contributed by atoms with Gasteiger partial charge in [0.15, 0.2) is 0 Å². The lowest BCUT2D eigenvalue weighted by Crippen LogP contribution is -2.34. The van der Waals surface area contributed by atoms with Crippen LogP contribution in [0, 0.1) is 0 Å². The molecule has 0 radical (unpaired) electrons. The Hall–Kier alpha value is -2.13. The number of urea groups is 1. The molecule has 1 rings (SSSR count). The number of nitrogens with one attached hydrogen (secondary N) is 2. The smallest absolute Gasteiger partial charge is 0.319 e. The molecule has 0 atom stereocenters. The van der Waals surface area contributed by atoms with Gasteiger partial charge in [0.2, 0.25) is 10.0 Å². The van der Waals surface area contributed by atoms with E-state index in [1.165, 1.54) is 0 Å². The number of aliphatic carboxylic acids is 1. The van der Waals surface area contributed by atoms with Gasteiger partial charge in [-0.1, -0.05) is 12.1 Å². The summed E-state index contributed by atoms with van der Waals surface area (Å²) in [6, 6.07) is 5.69. The summed E-state index contributed by atoms with van der Waals surface area (Å²) in [6.45, 7) is -0.0955. The Labute approximate surface area is 116 Å². The molecule has 0 spiro atoms. The fraction of sp³-hybridized carbons (Fsp3) is 0.273. The molecule has 0 saturated heterocycles. The quantitative estimate of drug-likeness (QED) is 0.572. The fourth-order valence-electron chi connectivity index (χ4n) is 1.36. The van der Waals surface area contributed by atoms with Crippen LogP contribution in [0.5, 0.6) is 0 Å². The average Bonchev–Trinajstić information content (AvgIpc) is 2.29. The lowest BCUT2D eigenvalue weighted by atomic mass is 10.1. The minimum absolute atomic E-state index is 0.0955. The standard InChI is InChI=1S/C11H15N3O5S/c12-20(18,19)6-5-13-11(17)14-9-3-1-8(2-4-9)7-10(15)16/h1-4H,5-7H2,(H,15,16)(H2,12,18,19)(H2,13,14,17). The van der Waals surface area contributed by atoms with Crippen molar-refractivity contribution in [3.8, 4) is 0 Å². The number of hydrogen-bond donors (Lipinski definition) is 4. The summed E-state index contributed by atoms with van der Waals surface area (Å²) >= 11 is 0. The van der Waals surface area contributed by atoms with E-state index in [1.54, 1.807) is 24.3 Å². The summed E-state index contributed by atoms with van der Waals surface area (Å²) in [5.74, 6) is -1.29. The van der Waals surface area contributed by atoms with Gasteiger partial charge in [0.1, 0.15) is 0 Å². The SMILES string of the molecule is NS(=O)(=O)CCNC(=O)Nc1ccc(CC(=O)O)cc1. The summed E-state index contributed by atoms with van der Waals surface area (Å²) < 4.78 is 21.3. The molecule has 9 heteroatoms.